The van der Waals surface area contributed by atoms with Crippen LogP contribution >= 0.6 is 0 Å². The molecule has 0 heterocycles. The number of aromatic hydroxyl groups is 1. The van der Waals surface area contributed by atoms with Crippen molar-refractivity contribution in [2.24, 2.45) is 0 Å². The lowest BCUT2D eigenvalue weighted by atomic mass is 10.0. The third kappa shape index (κ3) is 1.43. The Hall–Kier alpha value is -1.94. The van der Waals surface area contributed by atoms with Crippen LogP contribution in [0, 0.1) is 12.3 Å². The quantitative estimate of drug-likeness (QED) is 0.672. The van der Waals surface area contributed by atoms with Crippen LogP contribution in [0.4, 0.5) is 0 Å². The monoisotopic (exact) mass is 182 g/mol. The maximum atomic E-state index is 9.64. The highest BCUT2D eigenvalue weighted by atomic mass is 16.3. The Bertz CT molecular complexity index is 506. The predicted octanol–water partition coefficient (Wildman–Crippen LogP) is 2.72. The van der Waals surface area contributed by atoms with E-state index in [1.165, 1.54) is 0 Å². The summed E-state index contributed by atoms with van der Waals surface area (Å²) < 4.78 is 0. The van der Waals surface area contributed by atoms with Crippen molar-refractivity contribution < 1.29 is 5.11 Å². The molecule has 0 bridgehead atoms. The van der Waals surface area contributed by atoms with Crippen molar-refractivity contribution in [1.82, 2.24) is 0 Å². The molecule has 0 atom stereocenters. The van der Waals surface area contributed by atoms with Gasteiger partial charge in [-0.1, -0.05) is 24.3 Å². The van der Waals surface area contributed by atoms with Crippen molar-refractivity contribution in [1.29, 1.82) is 0 Å². The fourth-order valence-corrected chi connectivity index (χ4v) is 1.53. The van der Waals surface area contributed by atoms with E-state index >= 15 is 0 Å². The summed E-state index contributed by atoms with van der Waals surface area (Å²) in [4.78, 5) is 0. The largest absolute Gasteiger partial charge is 0.508 e. The van der Waals surface area contributed by atoms with Crippen molar-refractivity contribution >= 4 is 10.8 Å². The first-order chi connectivity index (χ1) is 6.81. The molecule has 2 aromatic carbocycles. The van der Waals surface area contributed by atoms with E-state index in [9.17, 15) is 5.11 Å². The van der Waals surface area contributed by atoms with Gasteiger partial charge in [-0.15, -0.1) is 12.3 Å². The molecule has 0 radical (unpaired) electrons. The average molecular weight is 182 g/mol. The van der Waals surface area contributed by atoms with Crippen LogP contribution in [0.2, 0.25) is 0 Å². The minimum atomic E-state index is 0.279. The number of fused-ring (bicyclic) bond motifs is 1. The number of rotatable bonds is 1. The maximum absolute atomic E-state index is 9.64. The van der Waals surface area contributed by atoms with E-state index < -0.39 is 0 Å². The molecule has 68 valence electrons. The molecule has 0 fully saturated rings. The van der Waals surface area contributed by atoms with Crippen molar-refractivity contribution in [3.05, 3.63) is 42.0 Å². The highest BCUT2D eigenvalue weighted by molar-refractivity contribution is 5.84. The van der Waals surface area contributed by atoms with E-state index in [4.69, 9.17) is 6.42 Å². The summed E-state index contributed by atoms with van der Waals surface area (Å²) in [7, 11) is 0. The predicted molar refractivity (Wildman–Crippen MR) is 58.1 cm³/mol. The number of phenols is 1. The summed E-state index contributed by atoms with van der Waals surface area (Å²) in [5.74, 6) is 2.81. The number of benzene rings is 2. The molecular formula is C13H10O. The molecule has 1 N–H and O–H groups in total. The van der Waals surface area contributed by atoms with Crippen LogP contribution in [0.5, 0.6) is 5.75 Å². The molecule has 0 aromatic heterocycles. The van der Waals surface area contributed by atoms with Gasteiger partial charge in [-0.3, -0.25) is 0 Å². The first kappa shape index (κ1) is 8.65. The Kier molecular flexibility index (Phi) is 2.12. The van der Waals surface area contributed by atoms with Crippen molar-refractivity contribution in [2.45, 2.75) is 6.42 Å². The van der Waals surface area contributed by atoms with E-state index in [2.05, 4.69) is 5.92 Å². The smallest absolute Gasteiger partial charge is 0.120 e. The lowest BCUT2D eigenvalue weighted by molar-refractivity contribution is 0.471. The summed E-state index contributed by atoms with van der Waals surface area (Å²) in [6.45, 7) is 0. The molecule has 0 aliphatic rings. The first-order valence-corrected chi connectivity index (χ1v) is 4.45. The third-order valence-corrected chi connectivity index (χ3v) is 2.24. The van der Waals surface area contributed by atoms with Gasteiger partial charge in [0.1, 0.15) is 5.75 Å². The molecule has 0 saturated heterocycles. The normalized spacial score (nSPS) is 9.93. The maximum Gasteiger partial charge on any atom is 0.120 e. The van der Waals surface area contributed by atoms with E-state index in [-0.39, 0.29) is 5.75 Å². The van der Waals surface area contributed by atoms with Gasteiger partial charge in [-0.2, -0.15) is 0 Å². The van der Waals surface area contributed by atoms with Crippen LogP contribution in [-0.2, 0) is 6.42 Å². The van der Waals surface area contributed by atoms with E-state index in [1.54, 1.807) is 6.07 Å². The molecule has 2 rings (SSSR count). The minimum absolute atomic E-state index is 0.279. The first-order valence-electron chi connectivity index (χ1n) is 4.45. The van der Waals surface area contributed by atoms with Crippen LogP contribution < -0.4 is 0 Å². The van der Waals surface area contributed by atoms with Crippen LogP contribution in [0.3, 0.4) is 0 Å². The van der Waals surface area contributed by atoms with E-state index in [0.29, 0.717) is 6.42 Å². The summed E-state index contributed by atoms with van der Waals surface area (Å²) in [6, 6.07) is 11.6. The SMILES string of the molecule is C#CCc1cc2ccccc2cc1O. The van der Waals surface area contributed by atoms with Gasteiger partial charge >= 0.3 is 0 Å². The molecule has 0 amide bonds. The average Bonchev–Trinajstić information content (AvgIpc) is 2.19. The Morgan fingerprint density at radius 3 is 2.43 bits per heavy atom. The van der Waals surface area contributed by atoms with Gasteiger partial charge in [0.05, 0.1) is 0 Å². The van der Waals surface area contributed by atoms with Crippen LogP contribution in [0.15, 0.2) is 36.4 Å². The molecule has 0 spiro atoms. The second-order valence-corrected chi connectivity index (χ2v) is 3.21. The van der Waals surface area contributed by atoms with E-state index in [1.807, 2.05) is 30.3 Å². The lowest BCUT2D eigenvalue weighted by Crippen LogP contribution is -1.83. The molecule has 2 aromatic rings. The number of terminal acetylenes is 1. The fourth-order valence-electron chi connectivity index (χ4n) is 1.53. The Labute approximate surface area is 83.0 Å². The number of hydrogen-bond acceptors (Lipinski definition) is 1. The molecule has 1 heteroatoms. The van der Waals surface area contributed by atoms with Gasteiger partial charge in [0.2, 0.25) is 0 Å². The molecule has 0 aliphatic heterocycles. The molecule has 0 aliphatic carbocycles. The molecule has 14 heavy (non-hydrogen) atoms. The van der Waals surface area contributed by atoms with Gasteiger partial charge in [0.25, 0.3) is 0 Å². The van der Waals surface area contributed by atoms with Crippen molar-refractivity contribution in [3.8, 4) is 18.1 Å². The standard InChI is InChI=1S/C13H10O/c1-2-5-12-8-10-6-3-4-7-11(10)9-13(12)14/h1,3-4,6-9,14H,5H2. The molecule has 0 unspecified atom stereocenters. The van der Waals surface area contributed by atoms with Crippen molar-refractivity contribution in [2.75, 3.05) is 0 Å². The lowest BCUT2D eigenvalue weighted by Gasteiger charge is -2.03. The summed E-state index contributed by atoms with van der Waals surface area (Å²) in [6.07, 6.45) is 5.68. The summed E-state index contributed by atoms with van der Waals surface area (Å²) in [5, 5.41) is 11.8. The topological polar surface area (TPSA) is 20.2 Å². The molecule has 0 saturated carbocycles. The molecule has 1 nitrogen and oxygen atoms in total. The third-order valence-electron chi connectivity index (χ3n) is 2.24. The zero-order chi connectivity index (χ0) is 9.97. The van der Waals surface area contributed by atoms with Crippen LogP contribution in [0.1, 0.15) is 5.56 Å². The second kappa shape index (κ2) is 3.43. The van der Waals surface area contributed by atoms with E-state index in [0.717, 1.165) is 16.3 Å². The fraction of sp³-hybridized carbons (Fsp3) is 0.0769. The van der Waals surface area contributed by atoms with Gasteiger partial charge in [0, 0.05) is 12.0 Å². The Morgan fingerprint density at radius 2 is 1.79 bits per heavy atom. The summed E-state index contributed by atoms with van der Waals surface area (Å²) in [5.41, 5.74) is 0.811. The second-order valence-electron chi connectivity index (χ2n) is 3.21. The highest BCUT2D eigenvalue weighted by Crippen LogP contribution is 2.24. The van der Waals surface area contributed by atoms with Crippen molar-refractivity contribution in [3.63, 3.8) is 0 Å². The zero-order valence-corrected chi connectivity index (χ0v) is 7.70. The van der Waals surface area contributed by atoms with Gasteiger partial charge < -0.3 is 5.11 Å². The van der Waals surface area contributed by atoms with Gasteiger partial charge in [-0.25, -0.2) is 0 Å². The van der Waals surface area contributed by atoms with Crippen LogP contribution in [-0.4, -0.2) is 5.11 Å². The summed E-state index contributed by atoms with van der Waals surface area (Å²) >= 11 is 0. The van der Waals surface area contributed by atoms with Crippen LogP contribution in [0.25, 0.3) is 10.8 Å². The Balaban J connectivity index is 2.66. The zero-order valence-electron chi connectivity index (χ0n) is 7.70. The number of phenolic OH excluding ortho intramolecular Hbond substituents is 1. The Morgan fingerprint density at radius 1 is 1.14 bits per heavy atom. The number of hydrogen-bond donors (Lipinski definition) is 1. The van der Waals surface area contributed by atoms with Gasteiger partial charge in [0.15, 0.2) is 0 Å². The minimum Gasteiger partial charge on any atom is -0.508 e. The van der Waals surface area contributed by atoms with Gasteiger partial charge in [-0.05, 0) is 22.9 Å². The highest BCUT2D eigenvalue weighted by Gasteiger charge is 2.01. The molecular weight excluding hydrogens is 172 g/mol.